The quantitative estimate of drug-likeness (QED) is 0.830. The van der Waals surface area contributed by atoms with Gasteiger partial charge in [0.05, 0.1) is 0 Å². The van der Waals surface area contributed by atoms with E-state index in [0.29, 0.717) is 27.9 Å². The van der Waals surface area contributed by atoms with Gasteiger partial charge in [-0.1, -0.05) is 29.8 Å². The average Bonchev–Trinajstić information content (AvgIpc) is 2.43. The van der Waals surface area contributed by atoms with Crippen LogP contribution in [-0.4, -0.2) is 17.1 Å². The first kappa shape index (κ1) is 15.7. The minimum atomic E-state index is -0.250. The number of benzene rings is 2. The SMILES string of the molecule is Cc1ccc(NC(=S)N(C)Cc2cccc(Cl)c2)cc1F. The molecule has 2 aromatic carbocycles. The van der Waals surface area contributed by atoms with Crippen molar-refractivity contribution in [2.24, 2.45) is 0 Å². The van der Waals surface area contributed by atoms with Crippen LogP contribution in [0, 0.1) is 12.7 Å². The van der Waals surface area contributed by atoms with Crippen molar-refractivity contribution in [1.82, 2.24) is 4.90 Å². The fourth-order valence-corrected chi connectivity index (χ4v) is 2.27. The van der Waals surface area contributed by atoms with Crippen LogP contribution in [-0.2, 0) is 6.54 Å². The number of nitrogens with one attached hydrogen (secondary N) is 1. The van der Waals surface area contributed by atoms with Gasteiger partial charge >= 0.3 is 0 Å². The first-order valence-corrected chi connectivity index (χ1v) is 7.27. The molecule has 0 fully saturated rings. The molecule has 2 rings (SSSR count). The molecule has 5 heteroatoms. The number of hydrogen-bond acceptors (Lipinski definition) is 1. The summed E-state index contributed by atoms with van der Waals surface area (Å²) in [5.41, 5.74) is 2.31. The third-order valence-corrected chi connectivity index (χ3v) is 3.73. The summed E-state index contributed by atoms with van der Waals surface area (Å²) in [6, 6.07) is 12.6. The third kappa shape index (κ3) is 4.41. The van der Waals surface area contributed by atoms with Crippen LogP contribution in [0.2, 0.25) is 5.02 Å². The van der Waals surface area contributed by atoms with Gasteiger partial charge in [0.1, 0.15) is 5.82 Å². The molecule has 0 saturated carbocycles. The Morgan fingerprint density at radius 1 is 1.29 bits per heavy atom. The van der Waals surface area contributed by atoms with Crippen LogP contribution in [0.3, 0.4) is 0 Å². The molecule has 21 heavy (non-hydrogen) atoms. The Morgan fingerprint density at radius 3 is 2.71 bits per heavy atom. The van der Waals surface area contributed by atoms with Gasteiger partial charge < -0.3 is 10.2 Å². The Balaban J connectivity index is 2.00. The summed E-state index contributed by atoms with van der Waals surface area (Å²) in [4.78, 5) is 1.87. The molecule has 0 atom stereocenters. The van der Waals surface area contributed by atoms with Crippen LogP contribution in [0.15, 0.2) is 42.5 Å². The molecule has 0 spiro atoms. The van der Waals surface area contributed by atoms with Crippen molar-refractivity contribution >= 4 is 34.6 Å². The Hall–Kier alpha value is -1.65. The molecule has 0 radical (unpaired) electrons. The highest BCUT2D eigenvalue weighted by Crippen LogP contribution is 2.15. The van der Waals surface area contributed by atoms with Crippen LogP contribution < -0.4 is 5.32 Å². The zero-order chi connectivity index (χ0) is 15.4. The van der Waals surface area contributed by atoms with Crippen LogP contribution in [0.4, 0.5) is 10.1 Å². The summed E-state index contributed by atoms with van der Waals surface area (Å²) in [6.07, 6.45) is 0. The van der Waals surface area contributed by atoms with E-state index in [9.17, 15) is 4.39 Å². The number of anilines is 1. The third-order valence-electron chi connectivity index (χ3n) is 3.08. The summed E-state index contributed by atoms with van der Waals surface area (Å²) in [5.74, 6) is -0.250. The molecule has 110 valence electrons. The van der Waals surface area contributed by atoms with E-state index in [4.69, 9.17) is 23.8 Å². The minimum Gasteiger partial charge on any atom is -0.348 e. The highest BCUT2D eigenvalue weighted by Gasteiger charge is 2.07. The van der Waals surface area contributed by atoms with E-state index >= 15 is 0 Å². The van der Waals surface area contributed by atoms with Crippen molar-refractivity contribution in [2.75, 3.05) is 12.4 Å². The van der Waals surface area contributed by atoms with Crippen molar-refractivity contribution in [3.05, 3.63) is 64.4 Å². The van der Waals surface area contributed by atoms with E-state index in [-0.39, 0.29) is 5.82 Å². The molecule has 2 nitrogen and oxygen atoms in total. The lowest BCUT2D eigenvalue weighted by Gasteiger charge is -2.21. The summed E-state index contributed by atoms with van der Waals surface area (Å²) in [5, 5.41) is 4.25. The fraction of sp³-hybridized carbons (Fsp3) is 0.188. The molecular weight excluding hydrogens is 307 g/mol. The smallest absolute Gasteiger partial charge is 0.173 e. The van der Waals surface area contributed by atoms with Gasteiger partial charge in [0.2, 0.25) is 0 Å². The summed E-state index contributed by atoms with van der Waals surface area (Å²) in [7, 11) is 1.88. The van der Waals surface area contributed by atoms with Gasteiger partial charge in [-0.25, -0.2) is 4.39 Å². The van der Waals surface area contributed by atoms with Gasteiger partial charge in [0.15, 0.2) is 5.11 Å². The zero-order valence-electron chi connectivity index (χ0n) is 11.9. The van der Waals surface area contributed by atoms with E-state index in [2.05, 4.69) is 5.32 Å². The first-order valence-electron chi connectivity index (χ1n) is 6.48. The van der Waals surface area contributed by atoms with Gasteiger partial charge in [-0.15, -0.1) is 0 Å². The average molecular weight is 323 g/mol. The molecular formula is C16H16ClFN2S. The molecule has 0 unspecified atom stereocenters. The Morgan fingerprint density at radius 2 is 2.05 bits per heavy atom. The van der Waals surface area contributed by atoms with Gasteiger partial charge in [0, 0.05) is 24.3 Å². The van der Waals surface area contributed by atoms with Crippen molar-refractivity contribution in [3.8, 4) is 0 Å². The molecule has 0 aromatic heterocycles. The predicted molar refractivity (Wildman–Crippen MR) is 90.3 cm³/mol. The van der Waals surface area contributed by atoms with Gasteiger partial charge in [-0.05, 0) is 54.5 Å². The van der Waals surface area contributed by atoms with Gasteiger partial charge in [-0.3, -0.25) is 0 Å². The monoisotopic (exact) mass is 322 g/mol. The number of thiocarbonyl (C=S) groups is 1. The lowest BCUT2D eigenvalue weighted by molar-refractivity contribution is 0.508. The van der Waals surface area contributed by atoms with E-state index in [1.807, 2.05) is 36.2 Å². The second kappa shape index (κ2) is 6.87. The van der Waals surface area contributed by atoms with E-state index in [1.165, 1.54) is 6.07 Å². The maximum Gasteiger partial charge on any atom is 0.173 e. The highest BCUT2D eigenvalue weighted by molar-refractivity contribution is 7.80. The number of hydrogen-bond donors (Lipinski definition) is 1. The maximum atomic E-state index is 13.5. The molecule has 0 amide bonds. The number of nitrogens with zero attached hydrogens (tertiary/aromatic N) is 1. The molecule has 0 bridgehead atoms. The molecule has 2 aromatic rings. The molecule has 0 aliphatic heterocycles. The minimum absolute atomic E-state index is 0.250. The lowest BCUT2D eigenvalue weighted by atomic mass is 10.2. The molecule has 0 aliphatic rings. The zero-order valence-corrected chi connectivity index (χ0v) is 13.4. The van der Waals surface area contributed by atoms with Crippen molar-refractivity contribution < 1.29 is 4.39 Å². The normalized spacial score (nSPS) is 10.3. The maximum absolute atomic E-state index is 13.5. The summed E-state index contributed by atoms with van der Waals surface area (Å²) >= 11 is 11.3. The molecule has 0 heterocycles. The largest absolute Gasteiger partial charge is 0.348 e. The molecule has 1 N–H and O–H groups in total. The van der Waals surface area contributed by atoms with E-state index in [1.54, 1.807) is 19.1 Å². The topological polar surface area (TPSA) is 15.3 Å². The number of aryl methyl sites for hydroxylation is 1. The second-order valence-corrected chi connectivity index (χ2v) is 5.70. The lowest BCUT2D eigenvalue weighted by Crippen LogP contribution is -2.30. The van der Waals surface area contributed by atoms with Gasteiger partial charge in [0.25, 0.3) is 0 Å². The van der Waals surface area contributed by atoms with Crippen LogP contribution >= 0.6 is 23.8 Å². The number of rotatable bonds is 3. The second-order valence-electron chi connectivity index (χ2n) is 4.88. The Labute approximate surface area is 134 Å². The van der Waals surface area contributed by atoms with Crippen molar-refractivity contribution in [1.29, 1.82) is 0 Å². The Kier molecular flexibility index (Phi) is 5.15. The van der Waals surface area contributed by atoms with Crippen molar-refractivity contribution in [2.45, 2.75) is 13.5 Å². The van der Waals surface area contributed by atoms with E-state index < -0.39 is 0 Å². The number of halogens is 2. The molecule has 0 aliphatic carbocycles. The van der Waals surface area contributed by atoms with Crippen molar-refractivity contribution in [3.63, 3.8) is 0 Å². The summed E-state index contributed by atoms with van der Waals surface area (Å²) < 4.78 is 13.5. The van der Waals surface area contributed by atoms with Crippen LogP contribution in [0.1, 0.15) is 11.1 Å². The molecule has 0 saturated heterocycles. The van der Waals surface area contributed by atoms with E-state index in [0.717, 1.165) is 5.56 Å². The highest BCUT2D eigenvalue weighted by atomic mass is 35.5. The predicted octanol–water partition coefficient (Wildman–Crippen LogP) is 4.62. The Bertz CT molecular complexity index is 660. The van der Waals surface area contributed by atoms with Crippen LogP contribution in [0.5, 0.6) is 0 Å². The van der Waals surface area contributed by atoms with Gasteiger partial charge in [-0.2, -0.15) is 0 Å². The summed E-state index contributed by atoms with van der Waals surface area (Å²) in [6.45, 7) is 2.35. The first-order chi connectivity index (χ1) is 9.95. The standard InChI is InChI=1S/C16H16ClFN2S/c1-11-6-7-14(9-15(11)18)19-16(21)20(2)10-12-4-3-5-13(17)8-12/h3-9H,10H2,1-2H3,(H,19,21). The fourth-order valence-electron chi connectivity index (χ4n) is 1.87. The van der Waals surface area contributed by atoms with Crippen LogP contribution in [0.25, 0.3) is 0 Å².